The number of piperidine rings is 2. The molecule has 0 saturated carbocycles. The highest BCUT2D eigenvalue weighted by atomic mass is 16.5. The minimum absolute atomic E-state index is 0.0832. The number of piperazine rings is 1. The Morgan fingerprint density at radius 2 is 1.58 bits per heavy atom. The van der Waals surface area contributed by atoms with E-state index in [4.69, 9.17) is 34.4 Å². The summed E-state index contributed by atoms with van der Waals surface area (Å²) in [4.78, 5) is 43.2. The van der Waals surface area contributed by atoms with Gasteiger partial charge in [0.1, 0.15) is 43.0 Å². The standard InChI is InChI=1S/C48H70N10O11/c1-3-34-44(50-30-13-22-66-23-14-30)54-45(42(52-34)43(49)61)51-31-7-8-35(38(29-31)65-2)56-16-11-32(12-17-56)55-18-20-57(21-19-55)40(60)15-24-67-25-26-68-27-28-69-37-6-4-5-33-41(37)48(64)58(47(33)63)36-9-10-39(59)53-46(36)62/h4-8,29-30,32,36,39,46-48,53,59,62-64H,3,9-28H2,1-2H3,(H2,49,61)(H2,50,51,54). The number of primary amides is 1. The lowest BCUT2D eigenvalue weighted by Gasteiger charge is -2.43. The van der Waals surface area contributed by atoms with Crippen molar-refractivity contribution in [3.05, 3.63) is 58.9 Å². The van der Waals surface area contributed by atoms with E-state index in [1.165, 1.54) is 4.90 Å². The molecular formula is C48H70N10O11. The predicted molar refractivity (Wildman–Crippen MR) is 255 cm³/mol. The maximum Gasteiger partial charge on any atom is 0.271 e. The Kier molecular flexibility index (Phi) is 17.4. The number of aliphatic hydroxyl groups is 4. The van der Waals surface area contributed by atoms with Crippen molar-refractivity contribution in [3.8, 4) is 11.5 Å². The second kappa shape index (κ2) is 23.8. The second-order valence-corrected chi connectivity index (χ2v) is 18.2. The van der Waals surface area contributed by atoms with E-state index in [-0.39, 0.29) is 36.7 Å². The Balaban J connectivity index is 0.716. The number of carbonyl (C=O) groups excluding carboxylic acids is 2. The number of aryl methyl sites for hydroxylation is 1. The molecule has 21 heteroatoms. The zero-order valence-corrected chi connectivity index (χ0v) is 39.8. The van der Waals surface area contributed by atoms with Gasteiger partial charge in [0.05, 0.1) is 57.4 Å². The number of carbonyl (C=O) groups is 2. The van der Waals surface area contributed by atoms with Gasteiger partial charge in [0.15, 0.2) is 17.3 Å². The number of nitrogens with two attached hydrogens (primary N) is 1. The first-order valence-electron chi connectivity index (χ1n) is 24.5. The van der Waals surface area contributed by atoms with Crippen LogP contribution in [-0.4, -0.2) is 180 Å². The molecule has 1 aromatic heterocycles. The van der Waals surface area contributed by atoms with Gasteiger partial charge in [0, 0.05) is 87.4 Å². The Morgan fingerprint density at radius 3 is 2.29 bits per heavy atom. The van der Waals surface area contributed by atoms with Gasteiger partial charge in [-0.15, -0.1) is 0 Å². The fourth-order valence-corrected chi connectivity index (χ4v) is 10.1. The van der Waals surface area contributed by atoms with Crippen LogP contribution in [0.15, 0.2) is 36.4 Å². The zero-order chi connectivity index (χ0) is 48.4. The van der Waals surface area contributed by atoms with Gasteiger partial charge in [-0.05, 0) is 63.1 Å². The van der Waals surface area contributed by atoms with Crippen LogP contribution < -0.4 is 36.1 Å². The molecule has 2 amide bonds. The highest BCUT2D eigenvalue weighted by Gasteiger charge is 2.46. The number of hydrogen-bond donors (Lipinski definition) is 8. The van der Waals surface area contributed by atoms with Gasteiger partial charge >= 0.3 is 0 Å². The van der Waals surface area contributed by atoms with E-state index in [0.29, 0.717) is 118 Å². The van der Waals surface area contributed by atoms with Crippen LogP contribution in [0.4, 0.5) is 23.0 Å². The number of ether oxygens (including phenoxy) is 5. The number of hydrogen-bond acceptors (Lipinski definition) is 19. The molecule has 5 aliphatic heterocycles. The number of aliphatic hydroxyl groups excluding tert-OH is 4. The summed E-state index contributed by atoms with van der Waals surface area (Å²) in [5.74, 6) is 1.47. The Bertz CT molecular complexity index is 2190. The van der Waals surface area contributed by atoms with E-state index < -0.39 is 36.9 Å². The first kappa shape index (κ1) is 50.4. The first-order chi connectivity index (χ1) is 33.5. The van der Waals surface area contributed by atoms with Gasteiger partial charge in [-0.1, -0.05) is 19.1 Å². The summed E-state index contributed by atoms with van der Waals surface area (Å²) in [5.41, 5.74) is 9.17. The van der Waals surface area contributed by atoms with Crippen LogP contribution in [0.25, 0.3) is 0 Å². The number of fused-ring (bicyclic) bond motifs is 1. The molecule has 378 valence electrons. The Labute approximate surface area is 403 Å². The van der Waals surface area contributed by atoms with Crippen LogP contribution in [0.1, 0.15) is 91.6 Å². The molecule has 0 bridgehead atoms. The third-order valence-electron chi connectivity index (χ3n) is 13.9. The maximum atomic E-state index is 13.1. The van der Waals surface area contributed by atoms with Crippen molar-refractivity contribution in [2.75, 3.05) is 108 Å². The summed E-state index contributed by atoms with van der Waals surface area (Å²) in [7, 11) is 1.66. The fraction of sp³-hybridized carbons (Fsp3) is 0.625. The highest BCUT2D eigenvalue weighted by molar-refractivity contribution is 5.96. The molecule has 8 rings (SSSR count). The molecule has 21 nitrogen and oxygen atoms in total. The smallest absolute Gasteiger partial charge is 0.271 e. The Morgan fingerprint density at radius 1 is 0.841 bits per heavy atom. The summed E-state index contributed by atoms with van der Waals surface area (Å²) >= 11 is 0. The highest BCUT2D eigenvalue weighted by Crippen LogP contribution is 2.46. The van der Waals surface area contributed by atoms with E-state index in [1.54, 1.807) is 25.3 Å². The summed E-state index contributed by atoms with van der Waals surface area (Å²) in [6.07, 6.45) is 1.05. The molecule has 0 aliphatic carbocycles. The summed E-state index contributed by atoms with van der Waals surface area (Å²) in [6, 6.07) is 11.1. The molecule has 4 fully saturated rings. The fourth-order valence-electron chi connectivity index (χ4n) is 10.1. The van der Waals surface area contributed by atoms with Gasteiger partial charge in [-0.2, -0.15) is 0 Å². The quantitative estimate of drug-likeness (QED) is 0.0751. The Hall–Kier alpha value is -4.94. The summed E-state index contributed by atoms with van der Waals surface area (Å²) in [6.45, 7) is 9.51. The average molecular weight is 963 g/mol. The predicted octanol–water partition coefficient (Wildman–Crippen LogP) is 1.78. The molecule has 69 heavy (non-hydrogen) atoms. The molecule has 2 aromatic carbocycles. The number of rotatable bonds is 20. The molecule has 3 aromatic rings. The van der Waals surface area contributed by atoms with E-state index in [1.807, 2.05) is 30.0 Å². The molecular weight excluding hydrogens is 893 g/mol. The molecule has 5 atom stereocenters. The second-order valence-electron chi connectivity index (χ2n) is 18.2. The maximum absolute atomic E-state index is 13.1. The van der Waals surface area contributed by atoms with E-state index >= 15 is 0 Å². The molecule has 5 aliphatic rings. The molecule has 9 N–H and O–H groups in total. The molecule has 0 spiro atoms. The minimum atomic E-state index is -1.20. The van der Waals surface area contributed by atoms with Crippen LogP contribution in [-0.2, 0) is 25.4 Å². The largest absolute Gasteiger partial charge is 0.495 e. The van der Waals surface area contributed by atoms with Crippen molar-refractivity contribution in [2.45, 2.75) is 101 Å². The van der Waals surface area contributed by atoms with Crippen LogP contribution >= 0.6 is 0 Å². The SMILES string of the molecule is CCc1nc(C(N)=O)c(Nc2ccc(N3CCC(N4CCN(C(=O)CCOCCOCCOc5cccc6c5C(O)N(C5CCC(O)NC5O)C6O)CC4)CC3)c(OC)c2)nc1NC1CCOCC1. The average Bonchev–Trinajstić information content (AvgIpc) is 3.62. The third-order valence-corrected chi connectivity index (χ3v) is 13.9. The minimum Gasteiger partial charge on any atom is -0.495 e. The van der Waals surface area contributed by atoms with Gasteiger partial charge in [-0.3, -0.25) is 19.8 Å². The summed E-state index contributed by atoms with van der Waals surface area (Å²) in [5, 5.41) is 51.9. The van der Waals surface area contributed by atoms with Crippen LogP contribution in [0.3, 0.4) is 0 Å². The number of nitrogens with zero attached hydrogens (tertiary/aromatic N) is 6. The number of amides is 2. The topological polar surface area (TPSA) is 262 Å². The van der Waals surface area contributed by atoms with E-state index in [2.05, 4.69) is 30.7 Å². The lowest BCUT2D eigenvalue weighted by Crippen LogP contribution is -2.57. The number of methoxy groups -OCH3 is 1. The van der Waals surface area contributed by atoms with Gasteiger partial charge < -0.3 is 70.3 Å². The monoisotopic (exact) mass is 963 g/mol. The normalized spacial score (nSPS) is 24.0. The summed E-state index contributed by atoms with van der Waals surface area (Å²) < 4.78 is 28.7. The van der Waals surface area contributed by atoms with Gasteiger partial charge in [0.2, 0.25) is 5.91 Å². The number of anilines is 4. The number of nitrogens with one attached hydrogen (secondary N) is 3. The van der Waals surface area contributed by atoms with Crippen molar-refractivity contribution in [3.63, 3.8) is 0 Å². The van der Waals surface area contributed by atoms with E-state index in [0.717, 1.165) is 57.5 Å². The van der Waals surface area contributed by atoms with Crippen molar-refractivity contribution >= 4 is 34.8 Å². The third kappa shape index (κ3) is 12.2. The molecule has 6 heterocycles. The van der Waals surface area contributed by atoms with E-state index in [9.17, 15) is 30.0 Å². The van der Waals surface area contributed by atoms with Crippen molar-refractivity contribution in [2.24, 2.45) is 5.73 Å². The zero-order valence-electron chi connectivity index (χ0n) is 39.8. The molecule has 0 radical (unpaired) electrons. The molecule has 4 saturated heterocycles. The molecule has 5 unspecified atom stereocenters. The van der Waals surface area contributed by atoms with Crippen molar-refractivity contribution in [1.82, 2.24) is 30.0 Å². The van der Waals surface area contributed by atoms with Gasteiger partial charge in [0.25, 0.3) is 5.91 Å². The first-order valence-corrected chi connectivity index (χ1v) is 24.5. The number of aromatic nitrogens is 2. The van der Waals surface area contributed by atoms with Crippen LogP contribution in [0, 0.1) is 0 Å². The lowest BCUT2D eigenvalue weighted by molar-refractivity contribution is -0.159. The number of benzene rings is 2. The lowest BCUT2D eigenvalue weighted by atomic mass is 10.0. The van der Waals surface area contributed by atoms with Crippen molar-refractivity contribution < 1.29 is 53.7 Å². The van der Waals surface area contributed by atoms with Crippen LogP contribution in [0.5, 0.6) is 11.5 Å². The van der Waals surface area contributed by atoms with Crippen LogP contribution in [0.2, 0.25) is 0 Å². The van der Waals surface area contributed by atoms with Gasteiger partial charge in [-0.25, -0.2) is 14.9 Å². The van der Waals surface area contributed by atoms with Crippen molar-refractivity contribution in [1.29, 1.82) is 0 Å².